The van der Waals surface area contributed by atoms with Gasteiger partial charge in [0, 0.05) is 29.9 Å². The number of anilines is 1. The molecule has 9 heteroatoms. The molecular formula is C23H31N5O3S. The summed E-state index contributed by atoms with van der Waals surface area (Å²) in [7, 11) is 0. The standard InChI is InChI=1S/C23H31N5O3S/c1-13-9-17(27-23(3,4)5)24-10-16(13)19-18(22(30)28-8-6-7-14(28)2)26-21(32-19)20(29)25-15-11-31-12-15/h9-10,14-15H,6-8,11-12H2,1-5H3,(H,24,27)(H,25,29)/t14-/m0/s1. The Morgan fingerprint density at radius 2 is 2.03 bits per heavy atom. The highest BCUT2D eigenvalue weighted by Gasteiger charge is 2.32. The van der Waals surface area contributed by atoms with Crippen LogP contribution < -0.4 is 10.6 Å². The van der Waals surface area contributed by atoms with Crippen LogP contribution in [0.15, 0.2) is 12.3 Å². The molecule has 32 heavy (non-hydrogen) atoms. The molecule has 2 fully saturated rings. The number of thiazole rings is 1. The maximum atomic E-state index is 13.4. The summed E-state index contributed by atoms with van der Waals surface area (Å²) < 4.78 is 5.14. The first-order chi connectivity index (χ1) is 15.1. The van der Waals surface area contributed by atoms with E-state index in [0.29, 0.717) is 35.3 Å². The predicted molar refractivity (Wildman–Crippen MR) is 125 cm³/mol. The summed E-state index contributed by atoms with van der Waals surface area (Å²) in [4.78, 5) is 37.9. The van der Waals surface area contributed by atoms with Crippen LogP contribution in [0.2, 0.25) is 0 Å². The molecule has 2 saturated heterocycles. The molecule has 0 unspecified atom stereocenters. The number of amides is 2. The molecule has 2 aromatic heterocycles. The van der Waals surface area contributed by atoms with Crippen molar-refractivity contribution in [2.75, 3.05) is 25.1 Å². The van der Waals surface area contributed by atoms with Crippen molar-refractivity contribution in [1.82, 2.24) is 20.2 Å². The second-order valence-corrected chi connectivity index (χ2v) is 10.7. The average molecular weight is 458 g/mol. The van der Waals surface area contributed by atoms with Gasteiger partial charge in [-0.3, -0.25) is 9.59 Å². The zero-order valence-corrected chi connectivity index (χ0v) is 20.1. The van der Waals surface area contributed by atoms with Gasteiger partial charge in [-0.1, -0.05) is 0 Å². The molecule has 0 aromatic carbocycles. The zero-order chi connectivity index (χ0) is 23.0. The fraction of sp³-hybridized carbons (Fsp3) is 0.565. The molecule has 0 aliphatic carbocycles. The summed E-state index contributed by atoms with van der Waals surface area (Å²) in [5.74, 6) is 0.380. The van der Waals surface area contributed by atoms with Gasteiger partial charge in [0.25, 0.3) is 11.8 Å². The third-order valence-electron chi connectivity index (χ3n) is 5.67. The van der Waals surface area contributed by atoms with E-state index in [-0.39, 0.29) is 29.4 Å². The van der Waals surface area contributed by atoms with Gasteiger partial charge in [0.2, 0.25) is 0 Å². The Hall–Kier alpha value is -2.52. The fourth-order valence-electron chi connectivity index (χ4n) is 3.93. The quantitative estimate of drug-likeness (QED) is 0.714. The lowest BCUT2D eigenvalue weighted by Crippen LogP contribution is -2.48. The van der Waals surface area contributed by atoms with E-state index in [0.717, 1.165) is 29.8 Å². The molecule has 172 valence electrons. The summed E-state index contributed by atoms with van der Waals surface area (Å²) in [5, 5.41) is 6.59. The topological polar surface area (TPSA) is 96.5 Å². The van der Waals surface area contributed by atoms with Crippen LogP contribution in [-0.2, 0) is 4.74 Å². The number of pyridine rings is 1. The molecule has 1 atom stereocenters. The van der Waals surface area contributed by atoms with Crippen LogP contribution in [0, 0.1) is 6.92 Å². The Morgan fingerprint density at radius 3 is 2.59 bits per heavy atom. The van der Waals surface area contributed by atoms with Gasteiger partial charge < -0.3 is 20.3 Å². The molecule has 0 radical (unpaired) electrons. The molecule has 2 aliphatic rings. The lowest BCUT2D eigenvalue weighted by atomic mass is 10.1. The van der Waals surface area contributed by atoms with Gasteiger partial charge in [-0.2, -0.15) is 0 Å². The van der Waals surface area contributed by atoms with E-state index in [9.17, 15) is 9.59 Å². The molecule has 2 N–H and O–H groups in total. The molecule has 0 bridgehead atoms. The maximum Gasteiger partial charge on any atom is 0.280 e. The molecule has 4 rings (SSSR count). The largest absolute Gasteiger partial charge is 0.377 e. The molecule has 2 aliphatic heterocycles. The number of carbonyl (C=O) groups excluding carboxylic acids is 2. The van der Waals surface area contributed by atoms with E-state index in [4.69, 9.17) is 4.74 Å². The maximum absolute atomic E-state index is 13.4. The van der Waals surface area contributed by atoms with Crippen molar-refractivity contribution in [2.45, 2.75) is 65.1 Å². The van der Waals surface area contributed by atoms with Gasteiger partial charge in [0.05, 0.1) is 24.1 Å². The van der Waals surface area contributed by atoms with Gasteiger partial charge in [-0.25, -0.2) is 9.97 Å². The zero-order valence-electron chi connectivity index (χ0n) is 19.3. The van der Waals surface area contributed by atoms with Crippen LogP contribution in [0.25, 0.3) is 10.4 Å². The van der Waals surface area contributed by atoms with Gasteiger partial charge in [-0.15, -0.1) is 11.3 Å². The first-order valence-electron chi connectivity index (χ1n) is 11.1. The highest BCUT2D eigenvalue weighted by atomic mass is 32.1. The number of aryl methyl sites for hydroxylation is 1. The smallest absolute Gasteiger partial charge is 0.280 e. The fourth-order valence-corrected chi connectivity index (χ4v) is 4.96. The molecule has 2 amide bonds. The third kappa shape index (κ3) is 4.78. The SMILES string of the molecule is Cc1cc(NC(C)(C)C)ncc1-c1sc(C(=O)NC2COC2)nc1C(=O)N1CCC[C@@H]1C. The summed E-state index contributed by atoms with van der Waals surface area (Å²) in [6, 6.07) is 2.14. The summed E-state index contributed by atoms with van der Waals surface area (Å²) in [6.45, 7) is 12.0. The van der Waals surface area contributed by atoms with Crippen LogP contribution in [0.1, 0.15) is 66.4 Å². The number of nitrogens with one attached hydrogen (secondary N) is 2. The molecule has 8 nitrogen and oxygen atoms in total. The van der Waals surface area contributed by atoms with Crippen molar-refractivity contribution in [3.63, 3.8) is 0 Å². The number of nitrogens with zero attached hydrogens (tertiary/aromatic N) is 3. The number of ether oxygens (including phenoxy) is 1. The Labute approximate surface area is 192 Å². The second kappa shape index (κ2) is 8.78. The lowest BCUT2D eigenvalue weighted by Gasteiger charge is -2.26. The van der Waals surface area contributed by atoms with E-state index in [1.165, 1.54) is 11.3 Å². The minimum atomic E-state index is -0.269. The first kappa shape index (κ1) is 22.7. The summed E-state index contributed by atoms with van der Waals surface area (Å²) >= 11 is 1.25. The minimum Gasteiger partial charge on any atom is -0.377 e. The van der Waals surface area contributed by atoms with E-state index in [1.54, 1.807) is 6.20 Å². The monoisotopic (exact) mass is 457 g/mol. The Morgan fingerprint density at radius 1 is 1.28 bits per heavy atom. The van der Waals surface area contributed by atoms with Gasteiger partial charge >= 0.3 is 0 Å². The highest BCUT2D eigenvalue weighted by Crippen LogP contribution is 2.35. The van der Waals surface area contributed by atoms with Crippen LogP contribution in [0.5, 0.6) is 0 Å². The Balaban J connectivity index is 1.70. The molecular weight excluding hydrogens is 426 g/mol. The number of carbonyl (C=O) groups is 2. The van der Waals surface area contributed by atoms with Crippen molar-refractivity contribution in [2.24, 2.45) is 0 Å². The third-order valence-corrected chi connectivity index (χ3v) is 6.76. The minimum absolute atomic E-state index is 0.00114. The van der Waals surface area contributed by atoms with Crippen molar-refractivity contribution in [3.05, 3.63) is 28.5 Å². The first-order valence-corrected chi connectivity index (χ1v) is 11.9. The summed E-state index contributed by atoms with van der Waals surface area (Å²) in [6.07, 6.45) is 3.73. The van der Waals surface area contributed by atoms with Crippen LogP contribution in [0.3, 0.4) is 0 Å². The van der Waals surface area contributed by atoms with E-state index < -0.39 is 0 Å². The number of hydrogen-bond acceptors (Lipinski definition) is 7. The average Bonchev–Trinajstić information content (AvgIpc) is 3.29. The van der Waals surface area contributed by atoms with Gasteiger partial charge in [-0.05, 0) is 59.1 Å². The van der Waals surface area contributed by atoms with Gasteiger partial charge in [0.1, 0.15) is 11.5 Å². The van der Waals surface area contributed by atoms with E-state index in [1.807, 2.05) is 17.9 Å². The number of aromatic nitrogens is 2. The van der Waals surface area contributed by atoms with E-state index >= 15 is 0 Å². The predicted octanol–water partition coefficient (Wildman–Crippen LogP) is 3.48. The lowest BCUT2D eigenvalue weighted by molar-refractivity contribution is -0.00346. The molecule has 0 saturated carbocycles. The Kier molecular flexibility index (Phi) is 6.22. The second-order valence-electron chi connectivity index (χ2n) is 9.65. The van der Waals surface area contributed by atoms with Crippen LogP contribution in [0.4, 0.5) is 5.82 Å². The number of likely N-dealkylation sites (tertiary alicyclic amines) is 1. The van der Waals surface area contributed by atoms with Crippen molar-refractivity contribution < 1.29 is 14.3 Å². The van der Waals surface area contributed by atoms with Crippen LogP contribution >= 0.6 is 11.3 Å². The normalized spacial score (nSPS) is 19.0. The van der Waals surface area contributed by atoms with Gasteiger partial charge in [0.15, 0.2) is 5.01 Å². The van der Waals surface area contributed by atoms with Crippen molar-refractivity contribution >= 4 is 29.0 Å². The molecule has 0 spiro atoms. The Bertz CT molecular complexity index is 1030. The van der Waals surface area contributed by atoms with Crippen LogP contribution in [-0.4, -0.2) is 64.1 Å². The summed E-state index contributed by atoms with van der Waals surface area (Å²) in [5.41, 5.74) is 2.01. The molecule has 2 aromatic rings. The van der Waals surface area contributed by atoms with E-state index in [2.05, 4.69) is 48.3 Å². The number of rotatable bonds is 5. The van der Waals surface area contributed by atoms with Crippen molar-refractivity contribution in [1.29, 1.82) is 0 Å². The van der Waals surface area contributed by atoms with Crippen molar-refractivity contribution in [3.8, 4) is 10.4 Å². The molecule has 4 heterocycles. The highest BCUT2D eigenvalue weighted by molar-refractivity contribution is 7.17. The number of hydrogen-bond donors (Lipinski definition) is 2.